The summed E-state index contributed by atoms with van der Waals surface area (Å²) in [7, 11) is 0. The number of aryl methyl sites for hydroxylation is 1. The zero-order chi connectivity index (χ0) is 12.4. The molecule has 2 unspecified atom stereocenters. The maximum atomic E-state index is 10.8. The van der Waals surface area contributed by atoms with Crippen LogP contribution in [0.15, 0.2) is 10.5 Å². The number of furan rings is 1. The Morgan fingerprint density at radius 2 is 2.41 bits per heavy atom. The van der Waals surface area contributed by atoms with E-state index in [2.05, 4.69) is 5.32 Å². The number of hydrogen-bond acceptors (Lipinski definition) is 4. The molecule has 2 rings (SSSR count). The highest BCUT2D eigenvalue weighted by Crippen LogP contribution is 2.17. The van der Waals surface area contributed by atoms with Gasteiger partial charge >= 0.3 is 5.97 Å². The van der Waals surface area contributed by atoms with E-state index in [0.717, 1.165) is 13.0 Å². The lowest BCUT2D eigenvalue weighted by molar-refractivity contribution is 0.0658. The molecule has 1 fully saturated rings. The fraction of sp³-hybridized carbons (Fsp3) is 0.583. The van der Waals surface area contributed by atoms with Crippen LogP contribution in [0.2, 0.25) is 0 Å². The first-order valence-corrected chi connectivity index (χ1v) is 5.75. The van der Waals surface area contributed by atoms with Crippen LogP contribution in [-0.4, -0.2) is 29.8 Å². The third kappa shape index (κ3) is 2.68. The second-order valence-corrected chi connectivity index (χ2v) is 4.38. The third-order valence-corrected chi connectivity index (χ3v) is 3.08. The van der Waals surface area contributed by atoms with Crippen molar-refractivity contribution in [2.24, 2.45) is 0 Å². The van der Waals surface area contributed by atoms with E-state index in [1.807, 2.05) is 6.92 Å². The number of nitrogens with one attached hydrogen (secondary N) is 1. The van der Waals surface area contributed by atoms with Gasteiger partial charge in [-0.05, 0) is 26.3 Å². The summed E-state index contributed by atoms with van der Waals surface area (Å²) < 4.78 is 10.7. The predicted molar refractivity (Wildman–Crippen MR) is 61.1 cm³/mol. The second kappa shape index (κ2) is 4.89. The molecule has 0 amide bonds. The van der Waals surface area contributed by atoms with E-state index in [1.165, 1.54) is 0 Å². The van der Waals surface area contributed by atoms with Crippen LogP contribution in [0.1, 0.15) is 35.2 Å². The first kappa shape index (κ1) is 12.1. The molecular formula is C12H17NO4. The Bertz CT molecular complexity index is 413. The van der Waals surface area contributed by atoms with Gasteiger partial charge in [-0.25, -0.2) is 4.79 Å². The Hall–Kier alpha value is -1.33. The Morgan fingerprint density at radius 3 is 2.94 bits per heavy atom. The fourth-order valence-corrected chi connectivity index (χ4v) is 2.08. The molecule has 2 atom stereocenters. The first-order chi connectivity index (χ1) is 8.08. The minimum Gasteiger partial charge on any atom is -0.475 e. The molecular weight excluding hydrogens is 222 g/mol. The molecule has 5 heteroatoms. The number of carboxylic acids is 1. The van der Waals surface area contributed by atoms with Crippen molar-refractivity contribution in [2.45, 2.75) is 39.0 Å². The van der Waals surface area contributed by atoms with Gasteiger partial charge in [0, 0.05) is 18.2 Å². The fourth-order valence-electron chi connectivity index (χ4n) is 2.08. The highest BCUT2D eigenvalue weighted by atomic mass is 16.5. The van der Waals surface area contributed by atoms with Crippen LogP contribution in [-0.2, 0) is 11.3 Å². The number of carbonyl (C=O) groups is 1. The van der Waals surface area contributed by atoms with Gasteiger partial charge in [-0.15, -0.1) is 0 Å². The van der Waals surface area contributed by atoms with Crippen LogP contribution < -0.4 is 5.32 Å². The molecule has 0 saturated carbocycles. The predicted octanol–water partition coefficient (Wildman–Crippen LogP) is 1.55. The molecule has 1 aliphatic heterocycles. The second-order valence-electron chi connectivity index (χ2n) is 4.38. The minimum absolute atomic E-state index is 0.0255. The molecule has 0 aliphatic carbocycles. The standard InChI is InChI=1S/C12H17NO4/c1-7-5-9(17-11(7)12(14)15)6-13-10-3-4-16-8(10)2/h5,8,10,13H,3-4,6H2,1-2H3,(H,14,15). The van der Waals surface area contributed by atoms with E-state index in [9.17, 15) is 4.79 Å². The Morgan fingerprint density at radius 1 is 1.65 bits per heavy atom. The number of carboxylic acid groups (broad SMARTS) is 1. The Kier molecular flexibility index (Phi) is 3.49. The van der Waals surface area contributed by atoms with Crippen molar-refractivity contribution in [1.82, 2.24) is 5.32 Å². The number of ether oxygens (including phenoxy) is 1. The monoisotopic (exact) mass is 239 g/mol. The minimum atomic E-state index is -1.02. The highest BCUT2D eigenvalue weighted by molar-refractivity contribution is 5.86. The zero-order valence-corrected chi connectivity index (χ0v) is 10.0. The molecule has 0 bridgehead atoms. The van der Waals surface area contributed by atoms with Crippen molar-refractivity contribution in [3.05, 3.63) is 23.2 Å². The summed E-state index contributed by atoms with van der Waals surface area (Å²) in [5.41, 5.74) is 0.657. The van der Waals surface area contributed by atoms with Crippen LogP contribution in [0.3, 0.4) is 0 Å². The summed E-state index contributed by atoms with van der Waals surface area (Å²) in [6.45, 7) is 5.07. The van der Waals surface area contributed by atoms with Crippen molar-refractivity contribution in [3.8, 4) is 0 Å². The molecule has 0 radical (unpaired) electrons. The van der Waals surface area contributed by atoms with Crippen molar-refractivity contribution in [2.75, 3.05) is 6.61 Å². The summed E-state index contributed by atoms with van der Waals surface area (Å²) in [4.78, 5) is 10.8. The summed E-state index contributed by atoms with van der Waals surface area (Å²) >= 11 is 0. The van der Waals surface area contributed by atoms with Gasteiger partial charge in [0.1, 0.15) is 5.76 Å². The van der Waals surface area contributed by atoms with E-state index >= 15 is 0 Å². The summed E-state index contributed by atoms with van der Waals surface area (Å²) in [6, 6.07) is 2.07. The van der Waals surface area contributed by atoms with E-state index in [1.54, 1.807) is 13.0 Å². The largest absolute Gasteiger partial charge is 0.475 e. The van der Waals surface area contributed by atoms with Crippen molar-refractivity contribution in [3.63, 3.8) is 0 Å². The van der Waals surface area contributed by atoms with Crippen LogP contribution in [0.4, 0.5) is 0 Å². The van der Waals surface area contributed by atoms with Crippen molar-refractivity contribution >= 4 is 5.97 Å². The Labute approximate surface area is 99.8 Å². The zero-order valence-electron chi connectivity index (χ0n) is 10.0. The average Bonchev–Trinajstić information content (AvgIpc) is 2.82. The molecule has 2 N–H and O–H groups in total. The molecule has 0 aromatic carbocycles. The lowest BCUT2D eigenvalue weighted by atomic mass is 10.1. The van der Waals surface area contributed by atoms with E-state index in [0.29, 0.717) is 23.9 Å². The van der Waals surface area contributed by atoms with Gasteiger partial charge in [0.15, 0.2) is 0 Å². The van der Waals surface area contributed by atoms with Gasteiger partial charge in [0.05, 0.1) is 12.6 Å². The number of aromatic carboxylic acids is 1. The molecule has 1 aromatic heterocycles. The molecule has 5 nitrogen and oxygen atoms in total. The quantitative estimate of drug-likeness (QED) is 0.834. The molecule has 2 heterocycles. The van der Waals surface area contributed by atoms with Crippen LogP contribution >= 0.6 is 0 Å². The summed E-state index contributed by atoms with van der Waals surface area (Å²) in [5.74, 6) is -0.345. The van der Waals surface area contributed by atoms with Crippen LogP contribution in [0, 0.1) is 6.92 Å². The van der Waals surface area contributed by atoms with Gasteiger partial charge in [0.25, 0.3) is 0 Å². The molecule has 94 valence electrons. The molecule has 1 aromatic rings. The number of hydrogen-bond donors (Lipinski definition) is 2. The molecule has 17 heavy (non-hydrogen) atoms. The maximum Gasteiger partial charge on any atom is 0.372 e. The smallest absolute Gasteiger partial charge is 0.372 e. The van der Waals surface area contributed by atoms with E-state index < -0.39 is 5.97 Å². The van der Waals surface area contributed by atoms with Crippen LogP contribution in [0.25, 0.3) is 0 Å². The third-order valence-electron chi connectivity index (χ3n) is 3.08. The van der Waals surface area contributed by atoms with Gasteiger partial charge < -0.3 is 19.6 Å². The van der Waals surface area contributed by atoms with Gasteiger partial charge in [-0.1, -0.05) is 0 Å². The lowest BCUT2D eigenvalue weighted by Gasteiger charge is -2.14. The number of rotatable bonds is 4. The summed E-state index contributed by atoms with van der Waals surface area (Å²) in [5, 5.41) is 12.2. The van der Waals surface area contributed by atoms with E-state index in [4.69, 9.17) is 14.3 Å². The van der Waals surface area contributed by atoms with Crippen LogP contribution in [0.5, 0.6) is 0 Å². The lowest BCUT2D eigenvalue weighted by Crippen LogP contribution is -2.33. The summed E-state index contributed by atoms with van der Waals surface area (Å²) in [6.07, 6.45) is 1.18. The normalized spacial score (nSPS) is 24.1. The van der Waals surface area contributed by atoms with Gasteiger partial charge in [0.2, 0.25) is 5.76 Å². The first-order valence-electron chi connectivity index (χ1n) is 5.75. The molecule has 1 saturated heterocycles. The van der Waals surface area contributed by atoms with Gasteiger partial charge in [-0.2, -0.15) is 0 Å². The average molecular weight is 239 g/mol. The molecule has 1 aliphatic rings. The van der Waals surface area contributed by atoms with Crippen molar-refractivity contribution < 1.29 is 19.1 Å². The van der Waals surface area contributed by atoms with E-state index in [-0.39, 0.29) is 11.9 Å². The van der Waals surface area contributed by atoms with Crippen molar-refractivity contribution in [1.29, 1.82) is 0 Å². The SMILES string of the molecule is Cc1cc(CNC2CCOC2C)oc1C(=O)O. The molecule has 0 spiro atoms. The highest BCUT2D eigenvalue weighted by Gasteiger charge is 2.24. The topological polar surface area (TPSA) is 71.7 Å². The Balaban J connectivity index is 1.95. The maximum absolute atomic E-state index is 10.8. The van der Waals surface area contributed by atoms with Gasteiger partial charge in [-0.3, -0.25) is 0 Å².